The van der Waals surface area contributed by atoms with Crippen LogP contribution < -0.4 is 14.4 Å². The van der Waals surface area contributed by atoms with E-state index >= 15 is 0 Å². The first kappa shape index (κ1) is 18.8. The van der Waals surface area contributed by atoms with Crippen molar-refractivity contribution in [3.05, 3.63) is 59.7 Å². The summed E-state index contributed by atoms with van der Waals surface area (Å²) >= 11 is 0. The van der Waals surface area contributed by atoms with Crippen molar-refractivity contribution in [1.82, 2.24) is 5.32 Å². The lowest BCUT2D eigenvalue weighted by Crippen LogP contribution is -2.42. The topological polar surface area (TPSA) is 75.7 Å². The number of ether oxygens (including phenoxy) is 1. The van der Waals surface area contributed by atoms with Gasteiger partial charge in [-0.1, -0.05) is 36.4 Å². The summed E-state index contributed by atoms with van der Waals surface area (Å²) < 4.78 is 31.7. The van der Waals surface area contributed by atoms with Gasteiger partial charge in [0, 0.05) is 13.0 Å². The van der Waals surface area contributed by atoms with Crippen molar-refractivity contribution in [2.75, 3.05) is 17.1 Å². The minimum atomic E-state index is -3.46. The van der Waals surface area contributed by atoms with Crippen LogP contribution in [0.4, 0.5) is 5.69 Å². The Bertz CT molecular complexity index is 989. The Kier molecular flexibility index (Phi) is 5.02. The molecule has 1 aliphatic carbocycles. The standard InChI is InChI=1S/C21H24N2O4S/c1-28(25,26)23-14-13-20(27-19-12-5-4-11-18(19)23)21(24)22-17-10-6-8-15-7-2-3-9-16(15)17/h2-5,7,9,11-12,17,20H,6,8,10,13-14H2,1H3,(H,22,24). The maximum absolute atomic E-state index is 13.0. The Labute approximate surface area is 165 Å². The van der Waals surface area contributed by atoms with E-state index in [-0.39, 0.29) is 18.5 Å². The lowest BCUT2D eigenvalue weighted by Gasteiger charge is -2.28. The van der Waals surface area contributed by atoms with E-state index in [0.717, 1.165) is 24.8 Å². The van der Waals surface area contributed by atoms with Gasteiger partial charge in [-0.2, -0.15) is 0 Å². The van der Waals surface area contributed by atoms with E-state index in [4.69, 9.17) is 4.74 Å². The number of anilines is 1. The molecule has 1 heterocycles. The van der Waals surface area contributed by atoms with Gasteiger partial charge in [-0.3, -0.25) is 9.10 Å². The molecule has 1 amide bonds. The molecule has 2 aromatic rings. The number of rotatable bonds is 3. The zero-order valence-corrected chi connectivity index (χ0v) is 16.6. The number of hydrogen-bond acceptors (Lipinski definition) is 4. The molecule has 0 saturated carbocycles. The summed E-state index contributed by atoms with van der Waals surface area (Å²) in [5, 5.41) is 3.13. The fourth-order valence-electron chi connectivity index (χ4n) is 4.03. The predicted molar refractivity (Wildman–Crippen MR) is 108 cm³/mol. The molecule has 0 spiro atoms. The molecule has 0 saturated heterocycles. The van der Waals surface area contributed by atoms with E-state index in [0.29, 0.717) is 17.9 Å². The third-order valence-electron chi connectivity index (χ3n) is 5.38. The Morgan fingerprint density at radius 2 is 1.86 bits per heavy atom. The Morgan fingerprint density at radius 1 is 1.11 bits per heavy atom. The van der Waals surface area contributed by atoms with Crippen LogP contribution in [0.15, 0.2) is 48.5 Å². The highest BCUT2D eigenvalue weighted by Gasteiger charge is 2.32. The summed E-state index contributed by atoms with van der Waals surface area (Å²) in [5.41, 5.74) is 2.91. The molecule has 2 aromatic carbocycles. The molecular formula is C21H24N2O4S. The number of amides is 1. The lowest BCUT2D eigenvalue weighted by atomic mass is 9.87. The molecule has 0 fully saturated rings. The van der Waals surface area contributed by atoms with Crippen molar-refractivity contribution in [3.63, 3.8) is 0 Å². The molecule has 7 heteroatoms. The second-order valence-electron chi connectivity index (χ2n) is 7.35. The van der Waals surface area contributed by atoms with Crippen molar-refractivity contribution < 1.29 is 17.9 Å². The van der Waals surface area contributed by atoms with E-state index < -0.39 is 16.1 Å². The molecule has 2 aliphatic rings. The van der Waals surface area contributed by atoms with Gasteiger partial charge in [0.2, 0.25) is 10.0 Å². The van der Waals surface area contributed by atoms with Gasteiger partial charge in [-0.05, 0) is 42.5 Å². The average molecular weight is 401 g/mol. The van der Waals surface area contributed by atoms with Gasteiger partial charge in [0.15, 0.2) is 6.10 Å². The first-order chi connectivity index (χ1) is 13.4. The maximum atomic E-state index is 13.0. The Morgan fingerprint density at radius 3 is 2.68 bits per heavy atom. The quantitative estimate of drug-likeness (QED) is 0.860. The summed E-state index contributed by atoms with van der Waals surface area (Å²) in [6, 6.07) is 15.1. The largest absolute Gasteiger partial charge is 0.478 e. The summed E-state index contributed by atoms with van der Waals surface area (Å²) in [5.74, 6) is 0.210. The minimum Gasteiger partial charge on any atom is -0.478 e. The number of benzene rings is 2. The average Bonchev–Trinajstić information content (AvgIpc) is 2.88. The van der Waals surface area contributed by atoms with Crippen LogP contribution in [0.2, 0.25) is 0 Å². The van der Waals surface area contributed by atoms with Gasteiger partial charge in [-0.15, -0.1) is 0 Å². The van der Waals surface area contributed by atoms with Crippen molar-refractivity contribution >= 4 is 21.6 Å². The zero-order valence-electron chi connectivity index (χ0n) is 15.8. The Hall–Kier alpha value is -2.54. The summed E-state index contributed by atoms with van der Waals surface area (Å²) in [4.78, 5) is 13.0. The third kappa shape index (κ3) is 3.71. The molecule has 0 radical (unpaired) electrons. The summed E-state index contributed by atoms with van der Waals surface area (Å²) in [6.07, 6.45) is 3.67. The number of nitrogens with one attached hydrogen (secondary N) is 1. The first-order valence-electron chi connectivity index (χ1n) is 9.55. The molecule has 1 N–H and O–H groups in total. The van der Waals surface area contributed by atoms with Crippen LogP contribution in [0.3, 0.4) is 0 Å². The number of sulfonamides is 1. The number of aryl methyl sites for hydroxylation is 1. The van der Waals surface area contributed by atoms with E-state index in [9.17, 15) is 13.2 Å². The molecule has 0 aromatic heterocycles. The second-order valence-corrected chi connectivity index (χ2v) is 9.26. The highest BCUT2D eigenvalue weighted by Crippen LogP contribution is 2.34. The maximum Gasteiger partial charge on any atom is 0.261 e. The van der Waals surface area contributed by atoms with Gasteiger partial charge >= 0.3 is 0 Å². The van der Waals surface area contributed by atoms with Crippen LogP contribution in [-0.4, -0.2) is 33.2 Å². The normalized spacial score (nSPS) is 21.7. The second kappa shape index (κ2) is 7.47. The molecule has 2 unspecified atom stereocenters. The van der Waals surface area contributed by atoms with Crippen LogP contribution in [0.1, 0.15) is 36.4 Å². The van der Waals surface area contributed by atoms with Crippen LogP contribution in [0.25, 0.3) is 0 Å². The van der Waals surface area contributed by atoms with Gasteiger partial charge in [-0.25, -0.2) is 8.42 Å². The smallest absolute Gasteiger partial charge is 0.261 e. The molecule has 0 bridgehead atoms. The van der Waals surface area contributed by atoms with Gasteiger partial charge in [0.1, 0.15) is 5.75 Å². The van der Waals surface area contributed by atoms with E-state index in [1.54, 1.807) is 24.3 Å². The predicted octanol–water partition coefficient (Wildman–Crippen LogP) is 2.80. The highest BCUT2D eigenvalue weighted by molar-refractivity contribution is 7.92. The molecule has 148 valence electrons. The fourth-order valence-corrected chi connectivity index (χ4v) is 4.97. The monoisotopic (exact) mass is 400 g/mol. The van der Waals surface area contributed by atoms with Gasteiger partial charge in [0.25, 0.3) is 5.91 Å². The zero-order chi connectivity index (χ0) is 19.7. The summed E-state index contributed by atoms with van der Waals surface area (Å²) in [7, 11) is -3.46. The SMILES string of the molecule is CS(=O)(=O)N1CCC(C(=O)NC2CCCc3ccccc32)Oc2ccccc21. The van der Waals surface area contributed by atoms with Crippen molar-refractivity contribution in [1.29, 1.82) is 0 Å². The third-order valence-corrected chi connectivity index (χ3v) is 6.56. The van der Waals surface area contributed by atoms with Gasteiger partial charge < -0.3 is 10.1 Å². The molecular weight excluding hydrogens is 376 g/mol. The van der Waals surface area contributed by atoms with Crippen LogP contribution in [0.5, 0.6) is 5.75 Å². The van der Waals surface area contributed by atoms with Crippen LogP contribution in [-0.2, 0) is 21.2 Å². The minimum absolute atomic E-state index is 0.0365. The lowest BCUT2D eigenvalue weighted by molar-refractivity contribution is -0.129. The van der Waals surface area contributed by atoms with E-state index in [1.165, 1.54) is 16.1 Å². The van der Waals surface area contributed by atoms with Crippen molar-refractivity contribution in [2.24, 2.45) is 0 Å². The molecule has 2 atom stereocenters. The highest BCUT2D eigenvalue weighted by atomic mass is 32.2. The molecule has 6 nitrogen and oxygen atoms in total. The number of carbonyl (C=O) groups excluding carboxylic acids is 1. The number of carbonyl (C=O) groups is 1. The van der Waals surface area contributed by atoms with Crippen LogP contribution >= 0.6 is 0 Å². The molecule has 1 aliphatic heterocycles. The fraction of sp³-hybridized carbons (Fsp3) is 0.381. The van der Waals surface area contributed by atoms with Crippen LogP contribution in [0, 0.1) is 0 Å². The van der Waals surface area contributed by atoms with Crippen molar-refractivity contribution in [2.45, 2.75) is 37.8 Å². The molecule has 28 heavy (non-hydrogen) atoms. The number of hydrogen-bond donors (Lipinski definition) is 1. The number of fused-ring (bicyclic) bond motifs is 2. The first-order valence-corrected chi connectivity index (χ1v) is 11.4. The van der Waals surface area contributed by atoms with Crippen molar-refractivity contribution in [3.8, 4) is 5.75 Å². The molecule has 4 rings (SSSR count). The summed E-state index contributed by atoms with van der Waals surface area (Å²) in [6.45, 7) is 0.204. The number of nitrogens with zero attached hydrogens (tertiary/aromatic N) is 1. The van der Waals surface area contributed by atoms with E-state index in [2.05, 4.69) is 17.4 Å². The van der Waals surface area contributed by atoms with Gasteiger partial charge in [0.05, 0.1) is 18.0 Å². The van der Waals surface area contributed by atoms with E-state index in [1.807, 2.05) is 12.1 Å². The Balaban J connectivity index is 1.55. The number of para-hydroxylation sites is 2.